The predicted molar refractivity (Wildman–Crippen MR) is 95.1 cm³/mol. The van der Waals surface area contributed by atoms with Gasteiger partial charge >= 0.3 is 5.97 Å². The summed E-state index contributed by atoms with van der Waals surface area (Å²) < 4.78 is 10.8. The summed E-state index contributed by atoms with van der Waals surface area (Å²) in [5.74, 6) is 0.877. The lowest BCUT2D eigenvalue weighted by Crippen LogP contribution is -2.47. The second-order valence-corrected chi connectivity index (χ2v) is 6.74. The van der Waals surface area contributed by atoms with Crippen molar-refractivity contribution in [1.82, 2.24) is 10.2 Å². The number of hydrogen-bond acceptors (Lipinski definition) is 4. The van der Waals surface area contributed by atoms with E-state index in [4.69, 9.17) is 9.47 Å². The van der Waals surface area contributed by atoms with Crippen LogP contribution in [0.1, 0.15) is 51.4 Å². The maximum Gasteiger partial charge on any atom is 0.308 e. The first-order valence-electron chi connectivity index (χ1n) is 9.39. The van der Waals surface area contributed by atoms with Crippen molar-refractivity contribution in [3.8, 4) is 0 Å². The molecule has 24 heavy (non-hydrogen) atoms. The van der Waals surface area contributed by atoms with Crippen LogP contribution in [0.15, 0.2) is 4.99 Å². The Morgan fingerprint density at radius 3 is 2.50 bits per heavy atom. The van der Waals surface area contributed by atoms with Crippen molar-refractivity contribution in [2.45, 2.75) is 57.5 Å². The zero-order valence-corrected chi connectivity index (χ0v) is 15.3. The molecule has 1 saturated heterocycles. The molecule has 138 valence electrons. The lowest BCUT2D eigenvalue weighted by Gasteiger charge is -2.33. The minimum atomic E-state index is -0.0857. The van der Waals surface area contributed by atoms with Gasteiger partial charge in [-0.25, -0.2) is 0 Å². The second kappa shape index (κ2) is 10.5. The summed E-state index contributed by atoms with van der Waals surface area (Å²) in [4.78, 5) is 18.2. The van der Waals surface area contributed by atoms with Crippen LogP contribution in [-0.4, -0.2) is 63.3 Å². The van der Waals surface area contributed by atoms with E-state index in [0.717, 1.165) is 51.5 Å². The molecular formula is C18H33N3O3. The number of hydrogen-bond donors (Lipinski definition) is 1. The number of carbonyl (C=O) groups excluding carboxylic acids is 1. The third kappa shape index (κ3) is 5.96. The maximum atomic E-state index is 11.6. The highest BCUT2D eigenvalue weighted by molar-refractivity contribution is 5.80. The molecule has 0 aromatic heterocycles. The third-order valence-corrected chi connectivity index (χ3v) is 5.05. The van der Waals surface area contributed by atoms with Gasteiger partial charge in [0, 0.05) is 33.3 Å². The van der Waals surface area contributed by atoms with Crippen molar-refractivity contribution in [1.29, 1.82) is 0 Å². The molecule has 6 nitrogen and oxygen atoms in total. The summed E-state index contributed by atoms with van der Waals surface area (Å²) in [7, 11) is 3.28. The van der Waals surface area contributed by atoms with E-state index in [-0.39, 0.29) is 11.9 Å². The number of aliphatic imine (C=N–C) groups is 1. The van der Waals surface area contributed by atoms with E-state index in [0.29, 0.717) is 6.10 Å². The lowest BCUT2D eigenvalue weighted by molar-refractivity contribution is -0.146. The standard InChI is InChI=1S/C18H33N3O3/c1-19-18(21-12-9-15(10-13-21)17(22)23-2)20-11-6-14-24-16-7-4-3-5-8-16/h15-16H,3-14H2,1-2H3,(H,19,20). The van der Waals surface area contributed by atoms with Crippen LogP contribution in [0, 0.1) is 5.92 Å². The van der Waals surface area contributed by atoms with E-state index in [1.165, 1.54) is 39.2 Å². The minimum Gasteiger partial charge on any atom is -0.469 e. The monoisotopic (exact) mass is 339 g/mol. The highest BCUT2D eigenvalue weighted by atomic mass is 16.5. The molecule has 0 amide bonds. The van der Waals surface area contributed by atoms with E-state index in [1.807, 2.05) is 7.05 Å². The minimum absolute atomic E-state index is 0.0354. The summed E-state index contributed by atoms with van der Waals surface area (Å²) in [6.07, 6.45) is 9.59. The van der Waals surface area contributed by atoms with Crippen molar-refractivity contribution in [3.63, 3.8) is 0 Å². The van der Waals surface area contributed by atoms with Gasteiger partial charge in [0.2, 0.25) is 0 Å². The van der Waals surface area contributed by atoms with Crippen molar-refractivity contribution in [2.24, 2.45) is 10.9 Å². The van der Waals surface area contributed by atoms with E-state index < -0.39 is 0 Å². The molecule has 1 N–H and O–H groups in total. The molecule has 0 radical (unpaired) electrons. The number of guanidine groups is 1. The normalized spacial score (nSPS) is 20.9. The smallest absolute Gasteiger partial charge is 0.308 e. The van der Waals surface area contributed by atoms with Gasteiger partial charge in [-0.1, -0.05) is 19.3 Å². The van der Waals surface area contributed by atoms with Crippen molar-refractivity contribution in [2.75, 3.05) is 40.4 Å². The Hall–Kier alpha value is -1.30. The van der Waals surface area contributed by atoms with Gasteiger partial charge in [-0.05, 0) is 32.1 Å². The number of nitrogens with one attached hydrogen (secondary N) is 1. The Morgan fingerprint density at radius 2 is 1.88 bits per heavy atom. The molecule has 1 aliphatic heterocycles. The average Bonchev–Trinajstić information content (AvgIpc) is 2.65. The first-order chi connectivity index (χ1) is 11.7. The predicted octanol–water partition coefficient (Wildman–Crippen LogP) is 2.19. The zero-order valence-electron chi connectivity index (χ0n) is 15.3. The average molecular weight is 339 g/mol. The van der Waals surface area contributed by atoms with Gasteiger partial charge in [-0.3, -0.25) is 9.79 Å². The molecule has 2 rings (SSSR count). The number of ether oxygens (including phenoxy) is 2. The number of carbonyl (C=O) groups is 1. The Labute approximate surface area is 146 Å². The maximum absolute atomic E-state index is 11.6. The van der Waals surface area contributed by atoms with Gasteiger partial charge in [-0.2, -0.15) is 0 Å². The number of rotatable bonds is 6. The Bertz CT molecular complexity index is 400. The van der Waals surface area contributed by atoms with Crippen LogP contribution < -0.4 is 5.32 Å². The zero-order chi connectivity index (χ0) is 17.2. The lowest BCUT2D eigenvalue weighted by atomic mass is 9.97. The fraction of sp³-hybridized carbons (Fsp3) is 0.889. The molecule has 2 aliphatic rings. The fourth-order valence-corrected chi connectivity index (χ4v) is 3.58. The van der Waals surface area contributed by atoms with Crippen LogP contribution in [0.4, 0.5) is 0 Å². The molecule has 0 bridgehead atoms. The SMILES string of the molecule is CN=C(NCCCOC1CCCCC1)N1CCC(C(=O)OC)CC1. The summed E-state index contributed by atoms with van der Waals surface area (Å²) in [6, 6.07) is 0. The second-order valence-electron chi connectivity index (χ2n) is 6.74. The van der Waals surface area contributed by atoms with Crippen LogP contribution in [0.5, 0.6) is 0 Å². The van der Waals surface area contributed by atoms with Crippen molar-refractivity contribution in [3.05, 3.63) is 0 Å². The Balaban J connectivity index is 1.59. The van der Waals surface area contributed by atoms with Crippen LogP contribution >= 0.6 is 0 Å². The molecule has 1 heterocycles. The molecule has 0 spiro atoms. The summed E-state index contributed by atoms with van der Waals surface area (Å²) in [5.41, 5.74) is 0. The van der Waals surface area contributed by atoms with Gasteiger partial charge in [0.05, 0.1) is 19.1 Å². The number of nitrogens with zero attached hydrogens (tertiary/aromatic N) is 2. The van der Waals surface area contributed by atoms with Crippen LogP contribution in [0.3, 0.4) is 0 Å². The molecule has 0 atom stereocenters. The van der Waals surface area contributed by atoms with Crippen LogP contribution in [0.2, 0.25) is 0 Å². The molecule has 2 fully saturated rings. The molecule has 1 aliphatic carbocycles. The number of likely N-dealkylation sites (tertiary alicyclic amines) is 1. The first kappa shape index (κ1) is 19.0. The molecule has 0 aromatic rings. The largest absolute Gasteiger partial charge is 0.469 e. The summed E-state index contributed by atoms with van der Waals surface area (Å²) >= 11 is 0. The fourth-order valence-electron chi connectivity index (χ4n) is 3.58. The Kier molecular flexibility index (Phi) is 8.36. The quantitative estimate of drug-likeness (QED) is 0.348. The molecule has 6 heteroatoms. The van der Waals surface area contributed by atoms with E-state index in [1.54, 1.807) is 0 Å². The van der Waals surface area contributed by atoms with Crippen LogP contribution in [-0.2, 0) is 14.3 Å². The molecule has 0 unspecified atom stereocenters. The molecule has 0 aromatic carbocycles. The van der Waals surface area contributed by atoms with Gasteiger partial charge in [0.25, 0.3) is 0 Å². The number of methoxy groups -OCH3 is 1. The molecular weight excluding hydrogens is 306 g/mol. The van der Waals surface area contributed by atoms with E-state index in [9.17, 15) is 4.79 Å². The summed E-state index contributed by atoms with van der Waals surface area (Å²) in [5, 5.41) is 3.41. The van der Waals surface area contributed by atoms with Gasteiger partial charge in [0.15, 0.2) is 5.96 Å². The third-order valence-electron chi connectivity index (χ3n) is 5.05. The number of esters is 1. The van der Waals surface area contributed by atoms with E-state index >= 15 is 0 Å². The van der Waals surface area contributed by atoms with Gasteiger partial charge in [0.1, 0.15) is 0 Å². The van der Waals surface area contributed by atoms with Crippen molar-refractivity contribution >= 4 is 11.9 Å². The highest BCUT2D eigenvalue weighted by Gasteiger charge is 2.26. The van der Waals surface area contributed by atoms with E-state index in [2.05, 4.69) is 15.2 Å². The van der Waals surface area contributed by atoms with Gasteiger partial charge in [-0.15, -0.1) is 0 Å². The molecule has 1 saturated carbocycles. The topological polar surface area (TPSA) is 63.2 Å². The number of piperidine rings is 1. The highest BCUT2D eigenvalue weighted by Crippen LogP contribution is 2.20. The summed E-state index contributed by atoms with van der Waals surface area (Å²) in [6.45, 7) is 3.38. The van der Waals surface area contributed by atoms with Gasteiger partial charge < -0.3 is 19.7 Å². The first-order valence-corrected chi connectivity index (χ1v) is 9.39. The van der Waals surface area contributed by atoms with Crippen LogP contribution in [0.25, 0.3) is 0 Å². The Morgan fingerprint density at radius 1 is 1.17 bits per heavy atom. The van der Waals surface area contributed by atoms with Crippen molar-refractivity contribution < 1.29 is 14.3 Å².